The lowest BCUT2D eigenvalue weighted by atomic mass is 10.1. The molecule has 17 heavy (non-hydrogen) atoms. The summed E-state index contributed by atoms with van der Waals surface area (Å²) in [6.45, 7) is 7.18. The molecular formula is C13H23N3O. The lowest BCUT2D eigenvalue weighted by Crippen LogP contribution is -2.26. The van der Waals surface area contributed by atoms with Gasteiger partial charge in [-0.2, -0.15) is 0 Å². The van der Waals surface area contributed by atoms with E-state index in [0.717, 1.165) is 45.7 Å². The molecule has 1 aliphatic rings. The molecule has 0 aromatic carbocycles. The standard InChI is InChI=1S/C13H23N3O/c1-2-3-13-15-6-8-16(13)7-5-14-10-12-4-9-17-11-12/h6,8,12,14H,2-5,7,9-11H2,1H3. The van der Waals surface area contributed by atoms with E-state index in [1.54, 1.807) is 0 Å². The van der Waals surface area contributed by atoms with Crippen molar-refractivity contribution in [3.63, 3.8) is 0 Å². The molecule has 1 atom stereocenters. The summed E-state index contributed by atoms with van der Waals surface area (Å²) in [6.07, 6.45) is 7.41. The van der Waals surface area contributed by atoms with Crippen molar-refractivity contribution in [1.82, 2.24) is 14.9 Å². The second-order valence-corrected chi connectivity index (χ2v) is 4.72. The molecule has 2 rings (SSSR count). The van der Waals surface area contributed by atoms with Crippen molar-refractivity contribution in [2.45, 2.75) is 32.7 Å². The smallest absolute Gasteiger partial charge is 0.108 e. The molecule has 0 radical (unpaired) electrons. The molecule has 96 valence electrons. The average molecular weight is 237 g/mol. The van der Waals surface area contributed by atoms with Gasteiger partial charge >= 0.3 is 0 Å². The molecule has 1 N–H and O–H groups in total. The van der Waals surface area contributed by atoms with Crippen molar-refractivity contribution < 1.29 is 4.74 Å². The minimum absolute atomic E-state index is 0.716. The molecule has 0 amide bonds. The second kappa shape index (κ2) is 6.77. The largest absolute Gasteiger partial charge is 0.381 e. The number of rotatable bonds is 7. The molecule has 2 heterocycles. The highest BCUT2D eigenvalue weighted by molar-refractivity contribution is 4.92. The van der Waals surface area contributed by atoms with Gasteiger partial charge in [-0.15, -0.1) is 0 Å². The van der Waals surface area contributed by atoms with E-state index in [0.29, 0.717) is 5.92 Å². The lowest BCUT2D eigenvalue weighted by Gasteiger charge is -2.11. The van der Waals surface area contributed by atoms with E-state index in [9.17, 15) is 0 Å². The average Bonchev–Trinajstić information content (AvgIpc) is 2.96. The van der Waals surface area contributed by atoms with Gasteiger partial charge in [0.15, 0.2) is 0 Å². The van der Waals surface area contributed by atoms with E-state index < -0.39 is 0 Å². The van der Waals surface area contributed by atoms with E-state index in [-0.39, 0.29) is 0 Å². The topological polar surface area (TPSA) is 39.1 Å². The van der Waals surface area contributed by atoms with Gasteiger partial charge in [0.25, 0.3) is 0 Å². The molecule has 4 heteroatoms. The van der Waals surface area contributed by atoms with Gasteiger partial charge in [0.2, 0.25) is 0 Å². The first kappa shape index (κ1) is 12.6. The highest BCUT2D eigenvalue weighted by atomic mass is 16.5. The zero-order valence-corrected chi connectivity index (χ0v) is 10.7. The number of aryl methyl sites for hydroxylation is 1. The summed E-state index contributed by atoms with van der Waals surface area (Å²) in [5, 5.41) is 3.51. The summed E-state index contributed by atoms with van der Waals surface area (Å²) in [6, 6.07) is 0. The van der Waals surface area contributed by atoms with Gasteiger partial charge in [0.05, 0.1) is 6.61 Å². The fraction of sp³-hybridized carbons (Fsp3) is 0.769. The number of imidazole rings is 1. The number of hydrogen-bond acceptors (Lipinski definition) is 3. The maximum Gasteiger partial charge on any atom is 0.108 e. The SMILES string of the molecule is CCCc1nccn1CCNCC1CCOC1. The molecule has 0 spiro atoms. The Balaban J connectivity index is 1.65. The molecule has 0 saturated carbocycles. The van der Waals surface area contributed by atoms with Crippen LogP contribution in [0.1, 0.15) is 25.6 Å². The Morgan fingerprint density at radius 3 is 3.29 bits per heavy atom. The molecule has 1 aromatic heterocycles. The van der Waals surface area contributed by atoms with Crippen LogP contribution in [0.15, 0.2) is 12.4 Å². The number of nitrogens with zero attached hydrogens (tertiary/aromatic N) is 2. The molecule has 1 fully saturated rings. The first-order chi connectivity index (χ1) is 8.40. The Morgan fingerprint density at radius 1 is 1.59 bits per heavy atom. The Morgan fingerprint density at radius 2 is 2.53 bits per heavy atom. The first-order valence-corrected chi connectivity index (χ1v) is 6.68. The third-order valence-corrected chi connectivity index (χ3v) is 3.26. The Labute approximate surface area is 103 Å². The third-order valence-electron chi connectivity index (χ3n) is 3.26. The van der Waals surface area contributed by atoms with Crippen molar-refractivity contribution in [3.8, 4) is 0 Å². The molecule has 0 bridgehead atoms. The molecule has 1 saturated heterocycles. The maximum absolute atomic E-state index is 5.36. The number of aromatic nitrogens is 2. The summed E-state index contributed by atoms with van der Waals surface area (Å²) in [7, 11) is 0. The van der Waals surface area contributed by atoms with E-state index in [4.69, 9.17) is 4.74 Å². The molecule has 4 nitrogen and oxygen atoms in total. The maximum atomic E-state index is 5.36. The van der Waals surface area contributed by atoms with Crippen molar-refractivity contribution in [1.29, 1.82) is 0 Å². The monoisotopic (exact) mass is 237 g/mol. The zero-order valence-electron chi connectivity index (χ0n) is 10.7. The third kappa shape index (κ3) is 3.82. The van der Waals surface area contributed by atoms with Crippen LogP contribution in [0.5, 0.6) is 0 Å². The van der Waals surface area contributed by atoms with Crippen LogP contribution in [0.2, 0.25) is 0 Å². The van der Waals surface area contributed by atoms with Crippen molar-refractivity contribution in [2.24, 2.45) is 5.92 Å². The van der Waals surface area contributed by atoms with Gasteiger partial charge in [-0.25, -0.2) is 4.98 Å². The van der Waals surface area contributed by atoms with Crippen LogP contribution in [-0.2, 0) is 17.7 Å². The van der Waals surface area contributed by atoms with Crippen LogP contribution in [0.4, 0.5) is 0 Å². The predicted octanol–water partition coefficient (Wildman–Crippen LogP) is 1.46. The summed E-state index contributed by atoms with van der Waals surface area (Å²) < 4.78 is 7.61. The van der Waals surface area contributed by atoms with Crippen LogP contribution in [-0.4, -0.2) is 35.9 Å². The van der Waals surface area contributed by atoms with E-state index >= 15 is 0 Å². The molecular weight excluding hydrogens is 214 g/mol. The molecule has 1 aromatic rings. The van der Waals surface area contributed by atoms with Gasteiger partial charge in [-0.3, -0.25) is 0 Å². The number of ether oxygens (including phenoxy) is 1. The van der Waals surface area contributed by atoms with Gasteiger partial charge in [-0.1, -0.05) is 6.92 Å². The van der Waals surface area contributed by atoms with E-state index in [2.05, 4.69) is 28.0 Å². The minimum atomic E-state index is 0.716. The lowest BCUT2D eigenvalue weighted by molar-refractivity contribution is 0.185. The summed E-state index contributed by atoms with van der Waals surface area (Å²) in [4.78, 5) is 4.38. The van der Waals surface area contributed by atoms with E-state index in [1.807, 2.05) is 6.20 Å². The van der Waals surface area contributed by atoms with Crippen LogP contribution >= 0.6 is 0 Å². The summed E-state index contributed by atoms with van der Waals surface area (Å²) in [5.41, 5.74) is 0. The van der Waals surface area contributed by atoms with Crippen LogP contribution in [0, 0.1) is 5.92 Å². The zero-order chi connectivity index (χ0) is 11.9. The van der Waals surface area contributed by atoms with Crippen LogP contribution in [0.25, 0.3) is 0 Å². The Bertz CT molecular complexity index is 318. The predicted molar refractivity (Wildman–Crippen MR) is 68.0 cm³/mol. The van der Waals surface area contributed by atoms with Crippen molar-refractivity contribution in [3.05, 3.63) is 18.2 Å². The quantitative estimate of drug-likeness (QED) is 0.730. The summed E-state index contributed by atoms with van der Waals surface area (Å²) >= 11 is 0. The van der Waals surface area contributed by atoms with E-state index in [1.165, 1.54) is 12.2 Å². The normalized spacial score (nSPS) is 19.9. The highest BCUT2D eigenvalue weighted by Gasteiger charge is 2.14. The summed E-state index contributed by atoms with van der Waals surface area (Å²) in [5.74, 6) is 1.92. The first-order valence-electron chi connectivity index (χ1n) is 6.68. The number of hydrogen-bond donors (Lipinski definition) is 1. The van der Waals surface area contributed by atoms with Crippen molar-refractivity contribution >= 4 is 0 Å². The second-order valence-electron chi connectivity index (χ2n) is 4.72. The van der Waals surface area contributed by atoms with Crippen LogP contribution in [0.3, 0.4) is 0 Å². The number of nitrogens with one attached hydrogen (secondary N) is 1. The molecule has 0 aliphatic carbocycles. The Hall–Kier alpha value is -0.870. The molecule has 1 unspecified atom stereocenters. The van der Waals surface area contributed by atoms with Crippen molar-refractivity contribution in [2.75, 3.05) is 26.3 Å². The highest BCUT2D eigenvalue weighted by Crippen LogP contribution is 2.10. The fourth-order valence-corrected chi connectivity index (χ4v) is 2.25. The van der Waals surface area contributed by atoms with Gasteiger partial charge in [-0.05, 0) is 18.8 Å². The van der Waals surface area contributed by atoms with Gasteiger partial charge < -0.3 is 14.6 Å². The fourth-order valence-electron chi connectivity index (χ4n) is 2.25. The minimum Gasteiger partial charge on any atom is -0.381 e. The van der Waals surface area contributed by atoms with Gasteiger partial charge in [0, 0.05) is 45.1 Å². The molecule has 1 aliphatic heterocycles. The van der Waals surface area contributed by atoms with Gasteiger partial charge in [0.1, 0.15) is 5.82 Å². The Kier molecular flexibility index (Phi) is 5.01. The van der Waals surface area contributed by atoms with Crippen LogP contribution < -0.4 is 5.32 Å².